The minimum atomic E-state index is -3.69. The first-order chi connectivity index (χ1) is 45.6. The van der Waals surface area contributed by atoms with E-state index in [0.29, 0.717) is 83.8 Å². The van der Waals surface area contributed by atoms with E-state index >= 15 is 0 Å². The van der Waals surface area contributed by atoms with Gasteiger partial charge in [0.15, 0.2) is 12.6 Å². The quantitative estimate of drug-likeness (QED) is 0.0303. The maximum atomic E-state index is 11.8. The first kappa shape index (κ1) is 91.1. The molecule has 2 heterocycles. The third-order valence-corrected chi connectivity index (χ3v) is 22.5. The van der Waals surface area contributed by atoms with Gasteiger partial charge in [-0.1, -0.05) is 26.7 Å². The Morgan fingerprint density at radius 3 is 1.20 bits per heavy atom. The van der Waals surface area contributed by atoms with Crippen LogP contribution in [-0.4, -0.2) is 291 Å². The van der Waals surface area contributed by atoms with Gasteiger partial charge in [-0.05, 0) is 124 Å². The van der Waals surface area contributed by atoms with E-state index in [1.54, 1.807) is 13.8 Å². The van der Waals surface area contributed by atoms with Crippen molar-refractivity contribution < 1.29 is 149 Å². The standard InChI is InChI=1S/C56H111NO31P4S4/c1-40-44(32-43(33-58)50(64)48(40)62)77-22-9-12-26-81-90(69,94)84-29-15-19-74-37-56(36-73-18-7-5-6-8-25-80-89(68,93)72-4,38-75-20-16-30-85-91(70,95)82-27-13-10-23-78-54-41(2)49(63)51(65)45(34-59)87-54)39-76-21-17-31-86-92(71,96)83-28-14-11-24-79-55-47(57-42(3)61)53(67)52(66)46(35-60)88-55/h40-41,43-55,58-60,62-67H,5-39H2,1-4H3,(H,57,61)(H,68,93)(H,69,94)(H,70,95)(H,71,96)/t40?,41?,43?,44-,45?,46?,47?,48-,49-,50+,51+,52+,53-,54-,55-,56?,89?,90?,91?,92?/m1/s1. The fraction of sp³-hybridized carbons (Fsp3) is 0.982. The molecule has 14 N–H and O–H groups in total. The number of carbonyl (C=O) groups is 1. The van der Waals surface area contributed by atoms with Gasteiger partial charge in [-0.25, -0.2) is 0 Å². The lowest BCUT2D eigenvalue weighted by atomic mass is 9.77. The summed E-state index contributed by atoms with van der Waals surface area (Å²) in [6, 6.07) is -1.10. The maximum Gasteiger partial charge on any atom is 0.324 e. The molecule has 0 aromatic carbocycles. The molecular weight excluding hydrogens is 1430 g/mol. The smallest absolute Gasteiger partial charge is 0.324 e. The van der Waals surface area contributed by atoms with Gasteiger partial charge in [0.1, 0.15) is 36.6 Å². The normalized spacial score (nSPS) is 29.7. The largest absolute Gasteiger partial charge is 0.396 e. The molecular formula is C56H111NO31P4S4. The van der Waals surface area contributed by atoms with Crippen LogP contribution in [0.2, 0.25) is 0 Å². The van der Waals surface area contributed by atoms with E-state index in [4.69, 9.17) is 126 Å². The van der Waals surface area contributed by atoms with Crippen molar-refractivity contribution in [3.8, 4) is 0 Å². The zero-order valence-electron chi connectivity index (χ0n) is 55.5. The van der Waals surface area contributed by atoms with E-state index in [9.17, 15) is 70.3 Å². The Morgan fingerprint density at radius 1 is 0.438 bits per heavy atom. The zero-order chi connectivity index (χ0) is 71.2. The third kappa shape index (κ3) is 36.7. The van der Waals surface area contributed by atoms with Crippen LogP contribution in [0.3, 0.4) is 0 Å². The zero-order valence-corrected chi connectivity index (χ0v) is 62.3. The number of hydrogen-bond donors (Lipinski definition) is 14. The molecule has 0 aromatic heterocycles. The number of nitrogens with one attached hydrogen (secondary N) is 1. The second kappa shape index (κ2) is 49.6. The number of amides is 1. The molecule has 40 heteroatoms. The monoisotopic (exact) mass is 1550 g/mol. The second-order valence-electron chi connectivity index (χ2n) is 23.9. The summed E-state index contributed by atoms with van der Waals surface area (Å²) in [5.74, 6) is -1.84. The molecule has 1 aliphatic carbocycles. The van der Waals surface area contributed by atoms with Gasteiger partial charge in [-0.15, -0.1) is 0 Å². The second-order valence-corrected chi connectivity index (χ2v) is 35.3. The summed E-state index contributed by atoms with van der Waals surface area (Å²) in [5.41, 5.74) is -0.932. The van der Waals surface area contributed by atoms with Gasteiger partial charge >= 0.3 is 26.9 Å². The number of hydrogen-bond acceptors (Lipinski definition) is 31. The van der Waals surface area contributed by atoms with E-state index in [0.717, 1.165) is 12.8 Å². The van der Waals surface area contributed by atoms with Crippen LogP contribution >= 0.6 is 26.9 Å². The van der Waals surface area contributed by atoms with Gasteiger partial charge in [-0.3, -0.25) is 4.79 Å². The highest BCUT2D eigenvalue weighted by atomic mass is 32.5. The van der Waals surface area contributed by atoms with E-state index in [1.165, 1.54) is 14.0 Å². The van der Waals surface area contributed by atoms with Crippen molar-refractivity contribution >= 4 is 80.0 Å². The first-order valence-electron chi connectivity index (χ1n) is 32.6. The minimum absolute atomic E-state index is 0.00252. The van der Waals surface area contributed by atoms with Crippen molar-refractivity contribution in [2.45, 2.75) is 184 Å². The van der Waals surface area contributed by atoms with Crippen molar-refractivity contribution in [3.05, 3.63) is 0 Å². The molecule has 1 amide bonds. The fourth-order valence-corrected chi connectivity index (χ4v) is 14.5. The van der Waals surface area contributed by atoms with Crippen LogP contribution in [0.25, 0.3) is 0 Å². The van der Waals surface area contributed by atoms with Crippen LogP contribution in [0.4, 0.5) is 0 Å². The molecule has 2 saturated heterocycles. The Balaban J connectivity index is 1.56. The predicted octanol–water partition coefficient (Wildman–Crippen LogP) is 1.55. The number of aliphatic hydroxyl groups excluding tert-OH is 9. The average Bonchev–Trinajstić information content (AvgIpc) is 0.840. The average molecular weight is 1550 g/mol. The summed E-state index contributed by atoms with van der Waals surface area (Å²) in [7, 11) is 1.29. The molecule has 2 aliphatic heterocycles. The number of rotatable bonds is 57. The van der Waals surface area contributed by atoms with Crippen molar-refractivity contribution in [1.29, 1.82) is 0 Å². The van der Waals surface area contributed by atoms with Gasteiger partial charge in [0.2, 0.25) is 5.91 Å². The minimum Gasteiger partial charge on any atom is -0.396 e. The molecule has 20 atom stereocenters. The van der Waals surface area contributed by atoms with Crippen molar-refractivity contribution in [1.82, 2.24) is 5.32 Å². The van der Waals surface area contributed by atoms with E-state index in [-0.39, 0.29) is 131 Å². The van der Waals surface area contributed by atoms with E-state index < -0.39 is 131 Å². The summed E-state index contributed by atoms with van der Waals surface area (Å²) >= 11 is 20.6. The lowest BCUT2D eigenvalue weighted by Gasteiger charge is -2.42. The van der Waals surface area contributed by atoms with Crippen molar-refractivity contribution in [2.75, 3.05) is 146 Å². The Hall–Kier alpha value is 0.870. The molecule has 32 nitrogen and oxygen atoms in total. The Labute approximate surface area is 584 Å². The summed E-state index contributed by atoms with van der Waals surface area (Å²) in [5, 5.41) is 93.0. The molecule has 0 radical (unpaired) electrons. The highest BCUT2D eigenvalue weighted by Crippen LogP contribution is 2.46. The highest BCUT2D eigenvalue weighted by molar-refractivity contribution is 8.08. The molecule has 96 heavy (non-hydrogen) atoms. The number of unbranched alkanes of at least 4 members (excludes halogenated alkanes) is 6. The van der Waals surface area contributed by atoms with Gasteiger partial charge < -0.3 is 150 Å². The third-order valence-electron chi connectivity index (χ3n) is 15.8. The molecule has 3 aliphatic rings. The maximum absolute atomic E-state index is 11.8. The van der Waals surface area contributed by atoms with Crippen LogP contribution < -0.4 is 5.32 Å². The first-order valence-corrected chi connectivity index (χ1v) is 43.0. The molecule has 1 saturated carbocycles. The number of carbonyl (C=O) groups excluding carboxylic acids is 1. The van der Waals surface area contributed by atoms with Crippen LogP contribution in [0.5, 0.6) is 0 Å². The summed E-state index contributed by atoms with van der Waals surface area (Å²) in [6.45, 7) is -8.86. The molecule has 0 aromatic rings. The Kier molecular flexibility index (Phi) is 47.1. The van der Waals surface area contributed by atoms with Crippen LogP contribution in [0, 0.1) is 23.2 Å². The van der Waals surface area contributed by atoms with Crippen molar-refractivity contribution in [2.24, 2.45) is 23.2 Å². The lowest BCUT2D eigenvalue weighted by molar-refractivity contribution is -0.282. The lowest BCUT2D eigenvalue weighted by Crippen LogP contribution is -2.64. The summed E-state index contributed by atoms with van der Waals surface area (Å²) in [4.78, 5) is 54.0. The molecule has 0 spiro atoms. The predicted molar refractivity (Wildman–Crippen MR) is 361 cm³/mol. The molecule has 3 fully saturated rings. The highest BCUT2D eigenvalue weighted by Gasteiger charge is 2.46. The fourth-order valence-electron chi connectivity index (χ4n) is 10.1. The van der Waals surface area contributed by atoms with Crippen molar-refractivity contribution in [3.63, 3.8) is 0 Å². The molecule has 0 bridgehead atoms. The SMILES string of the molecule is COP(O)(=S)OCCCCCCOCC(COCCCOP(O)(=S)OCCCCO[C@@H]1OC(CO)[C@H](O)[C@H](O)C1C)(COCCCOP(O)(=S)OCCCCO[C@@H]1OC(CO)[C@H](O)[C@H](O)C1NC(C)=O)COCCCOP(O)(=S)OCCCCO[C@@H]1CC(CO)[C@H](O)[C@H](O)C1C. The molecule has 11 unspecified atom stereocenters. The Morgan fingerprint density at radius 2 is 0.781 bits per heavy atom. The van der Waals surface area contributed by atoms with E-state index in [1.807, 2.05) is 0 Å². The Bertz CT molecular complexity index is 2190. The molecule has 3 rings (SSSR count). The van der Waals surface area contributed by atoms with Crippen LogP contribution in [0.1, 0.15) is 111 Å². The van der Waals surface area contributed by atoms with Gasteiger partial charge in [0.05, 0.1) is 116 Å². The summed E-state index contributed by atoms with van der Waals surface area (Å²) < 4.78 is 97.0. The van der Waals surface area contributed by atoms with Gasteiger partial charge in [0.25, 0.3) is 0 Å². The summed E-state index contributed by atoms with van der Waals surface area (Å²) in [6.07, 6.45) is -4.98. The topological polar surface area (TPSA) is 449 Å². The molecule has 570 valence electrons. The number of ether oxygens (including phenoxy) is 9. The number of aliphatic hydroxyl groups is 9. The van der Waals surface area contributed by atoms with Gasteiger partial charge in [0, 0.05) is 84.6 Å². The van der Waals surface area contributed by atoms with E-state index in [2.05, 4.69) is 5.32 Å². The van der Waals surface area contributed by atoms with Crippen LogP contribution in [0.15, 0.2) is 0 Å². The van der Waals surface area contributed by atoms with Crippen LogP contribution in [-0.2, 0) is 131 Å². The van der Waals surface area contributed by atoms with Gasteiger partial charge in [-0.2, -0.15) is 0 Å².